The fourth-order valence-corrected chi connectivity index (χ4v) is 1.44. The molecule has 0 aliphatic heterocycles. The van der Waals surface area contributed by atoms with E-state index in [1.54, 1.807) is 25.1 Å². The van der Waals surface area contributed by atoms with Crippen molar-refractivity contribution in [1.82, 2.24) is 10.1 Å². The Morgan fingerprint density at radius 2 is 2.06 bits per heavy atom. The Labute approximate surface area is 107 Å². The Balaban J connectivity index is 2.36. The van der Waals surface area contributed by atoms with Gasteiger partial charge in [-0.15, -0.1) is 11.6 Å². The van der Waals surface area contributed by atoms with Crippen LogP contribution in [0.5, 0.6) is 5.75 Å². The van der Waals surface area contributed by atoms with E-state index in [0.29, 0.717) is 11.4 Å². The molecule has 0 amide bonds. The number of hydrogen-bond acceptors (Lipinski definition) is 4. The Morgan fingerprint density at radius 3 is 2.67 bits per heavy atom. The van der Waals surface area contributed by atoms with Crippen LogP contribution in [0.3, 0.4) is 0 Å². The molecule has 4 nitrogen and oxygen atoms in total. The fourth-order valence-electron chi connectivity index (χ4n) is 1.35. The third kappa shape index (κ3) is 2.76. The van der Waals surface area contributed by atoms with Crippen molar-refractivity contribution in [3.63, 3.8) is 0 Å². The lowest BCUT2D eigenvalue weighted by Crippen LogP contribution is -2.03. The summed E-state index contributed by atoms with van der Waals surface area (Å²) in [5.74, 6) is 0.359. The number of alkyl halides is 3. The molecule has 0 radical (unpaired) electrons. The number of benzene rings is 1. The molecule has 2 rings (SSSR count). The van der Waals surface area contributed by atoms with Crippen LogP contribution in [-0.2, 0) is 0 Å². The molecule has 0 N–H and O–H groups in total. The molecule has 0 spiro atoms. The summed E-state index contributed by atoms with van der Waals surface area (Å²) in [6.45, 7) is -1.24. The van der Waals surface area contributed by atoms with Gasteiger partial charge in [0.1, 0.15) is 5.75 Å². The predicted octanol–water partition coefficient (Wildman–Crippen LogP) is 3.64. The van der Waals surface area contributed by atoms with E-state index in [-0.39, 0.29) is 11.6 Å². The van der Waals surface area contributed by atoms with Crippen LogP contribution in [0.1, 0.15) is 18.1 Å². The maximum atomic E-state index is 12.2. The molecule has 0 bridgehead atoms. The minimum atomic E-state index is -2.92. The summed E-state index contributed by atoms with van der Waals surface area (Å²) < 4.78 is 33.8. The van der Waals surface area contributed by atoms with Crippen LogP contribution in [0, 0.1) is 0 Å². The second kappa shape index (κ2) is 5.30. The highest BCUT2D eigenvalue weighted by Gasteiger charge is 2.17. The van der Waals surface area contributed by atoms with Gasteiger partial charge in [0.2, 0.25) is 0 Å². The van der Waals surface area contributed by atoms with Crippen LogP contribution in [0.2, 0.25) is 0 Å². The van der Waals surface area contributed by atoms with Crippen molar-refractivity contribution >= 4 is 11.6 Å². The fraction of sp³-hybridized carbons (Fsp3) is 0.273. The van der Waals surface area contributed by atoms with E-state index in [4.69, 9.17) is 16.1 Å². The molecule has 2 aromatic rings. The molecule has 0 fully saturated rings. The molecule has 0 aliphatic rings. The summed E-state index contributed by atoms with van der Waals surface area (Å²) in [7, 11) is 0. The highest BCUT2D eigenvalue weighted by atomic mass is 35.5. The van der Waals surface area contributed by atoms with Gasteiger partial charge in [-0.05, 0) is 19.1 Å². The summed E-state index contributed by atoms with van der Waals surface area (Å²) in [6.07, 6.45) is 0. The molecule has 0 saturated carbocycles. The smallest absolute Gasteiger partial charge is 0.387 e. The Kier molecular flexibility index (Phi) is 3.76. The zero-order chi connectivity index (χ0) is 13.1. The van der Waals surface area contributed by atoms with Gasteiger partial charge in [-0.3, -0.25) is 0 Å². The molecule has 18 heavy (non-hydrogen) atoms. The molecule has 96 valence electrons. The zero-order valence-corrected chi connectivity index (χ0v) is 10.1. The lowest BCUT2D eigenvalue weighted by atomic mass is 10.2. The van der Waals surface area contributed by atoms with Crippen molar-refractivity contribution in [1.29, 1.82) is 0 Å². The molecule has 1 heterocycles. The summed E-state index contributed by atoms with van der Waals surface area (Å²) >= 11 is 5.79. The van der Waals surface area contributed by atoms with Crippen LogP contribution < -0.4 is 4.74 Å². The number of ether oxygens (including phenoxy) is 1. The van der Waals surface area contributed by atoms with Crippen molar-refractivity contribution in [2.45, 2.75) is 18.9 Å². The first-order valence-corrected chi connectivity index (χ1v) is 5.53. The van der Waals surface area contributed by atoms with E-state index < -0.39 is 12.0 Å². The number of aromatic nitrogens is 2. The van der Waals surface area contributed by atoms with E-state index >= 15 is 0 Å². The second-order valence-electron chi connectivity index (χ2n) is 3.45. The molecular weight excluding hydrogens is 266 g/mol. The summed E-state index contributed by atoms with van der Waals surface area (Å²) in [5.41, 5.74) is 0.300. The molecule has 0 saturated heterocycles. The number of halogens is 3. The Morgan fingerprint density at radius 1 is 1.33 bits per heavy atom. The molecular formula is C11H9ClF2N2O2. The number of para-hydroxylation sites is 1. The van der Waals surface area contributed by atoms with E-state index in [2.05, 4.69) is 14.9 Å². The van der Waals surface area contributed by atoms with Crippen LogP contribution in [0.4, 0.5) is 8.78 Å². The van der Waals surface area contributed by atoms with Gasteiger partial charge in [-0.2, -0.15) is 13.8 Å². The number of nitrogens with zero attached hydrogens (tertiary/aromatic N) is 2. The van der Waals surface area contributed by atoms with Crippen molar-refractivity contribution < 1.29 is 18.0 Å². The maximum Gasteiger partial charge on any atom is 0.387 e. The van der Waals surface area contributed by atoms with Crippen LogP contribution >= 0.6 is 11.6 Å². The molecule has 1 aromatic heterocycles. The molecule has 1 atom stereocenters. The Bertz CT molecular complexity index is 531. The van der Waals surface area contributed by atoms with Gasteiger partial charge in [0.05, 0.1) is 10.9 Å². The third-order valence-electron chi connectivity index (χ3n) is 2.13. The summed E-state index contributed by atoms with van der Waals surface area (Å²) in [5, 5.41) is 3.23. The number of hydrogen-bond donors (Lipinski definition) is 0. The standard InChI is InChI=1S/C11H9ClF2N2O2/c1-6(12)9-15-10(18-16-9)7-4-2-3-5-8(7)17-11(13)14/h2-6,11H,1H3. The SMILES string of the molecule is CC(Cl)c1noc(-c2ccccc2OC(F)F)n1. The average molecular weight is 275 g/mol. The van der Waals surface area contributed by atoms with E-state index in [1.807, 2.05) is 0 Å². The van der Waals surface area contributed by atoms with E-state index in [0.717, 1.165) is 0 Å². The topological polar surface area (TPSA) is 48.2 Å². The molecule has 7 heteroatoms. The van der Waals surface area contributed by atoms with Gasteiger partial charge in [-0.25, -0.2) is 0 Å². The predicted molar refractivity (Wildman–Crippen MR) is 60.6 cm³/mol. The first kappa shape index (κ1) is 12.8. The van der Waals surface area contributed by atoms with Crippen LogP contribution in [0.15, 0.2) is 28.8 Å². The summed E-state index contributed by atoms with van der Waals surface area (Å²) in [6, 6.07) is 6.17. The van der Waals surface area contributed by atoms with E-state index in [9.17, 15) is 8.78 Å². The second-order valence-corrected chi connectivity index (χ2v) is 4.10. The van der Waals surface area contributed by atoms with Gasteiger partial charge in [0.25, 0.3) is 5.89 Å². The van der Waals surface area contributed by atoms with Crippen molar-refractivity contribution in [3.8, 4) is 17.2 Å². The Hall–Kier alpha value is -1.69. The highest BCUT2D eigenvalue weighted by molar-refractivity contribution is 6.20. The lowest BCUT2D eigenvalue weighted by molar-refractivity contribution is -0.0495. The maximum absolute atomic E-state index is 12.2. The average Bonchev–Trinajstić information content (AvgIpc) is 2.78. The quantitative estimate of drug-likeness (QED) is 0.799. The van der Waals surface area contributed by atoms with Crippen LogP contribution in [0.25, 0.3) is 11.5 Å². The highest BCUT2D eigenvalue weighted by Crippen LogP contribution is 2.30. The lowest BCUT2D eigenvalue weighted by Gasteiger charge is -2.06. The normalized spacial score (nSPS) is 12.7. The van der Waals surface area contributed by atoms with Gasteiger partial charge in [0, 0.05) is 0 Å². The largest absolute Gasteiger partial charge is 0.434 e. The molecule has 1 unspecified atom stereocenters. The van der Waals surface area contributed by atoms with Gasteiger partial charge in [0.15, 0.2) is 5.82 Å². The van der Waals surface area contributed by atoms with E-state index in [1.165, 1.54) is 6.07 Å². The molecule has 1 aromatic carbocycles. The van der Waals surface area contributed by atoms with Gasteiger partial charge >= 0.3 is 6.61 Å². The first-order valence-electron chi connectivity index (χ1n) is 5.10. The minimum absolute atomic E-state index is 0.0232. The monoisotopic (exact) mass is 274 g/mol. The van der Waals surface area contributed by atoms with Crippen molar-refractivity contribution in [2.75, 3.05) is 0 Å². The van der Waals surface area contributed by atoms with Crippen molar-refractivity contribution in [2.24, 2.45) is 0 Å². The zero-order valence-electron chi connectivity index (χ0n) is 9.31. The third-order valence-corrected chi connectivity index (χ3v) is 2.33. The van der Waals surface area contributed by atoms with Crippen LogP contribution in [-0.4, -0.2) is 16.8 Å². The van der Waals surface area contributed by atoms with Gasteiger partial charge in [-0.1, -0.05) is 17.3 Å². The number of rotatable bonds is 4. The van der Waals surface area contributed by atoms with Gasteiger partial charge < -0.3 is 9.26 Å². The molecule has 0 aliphatic carbocycles. The first-order chi connectivity index (χ1) is 8.58. The minimum Gasteiger partial charge on any atom is -0.434 e. The summed E-state index contributed by atoms with van der Waals surface area (Å²) in [4.78, 5) is 4.01. The van der Waals surface area contributed by atoms with Crippen molar-refractivity contribution in [3.05, 3.63) is 30.1 Å².